The molecular weight excluding hydrogens is 356 g/mol. The summed E-state index contributed by atoms with van der Waals surface area (Å²) < 4.78 is 16.8. The SMILES string of the molecule is O=C(OCC1COc2ccccc2O1)c1ccc2c(c1)C(=O)c1ccccc1-2. The van der Waals surface area contributed by atoms with Crippen LogP contribution in [0.4, 0.5) is 0 Å². The molecule has 1 atom stereocenters. The molecule has 1 aliphatic carbocycles. The fourth-order valence-electron chi connectivity index (χ4n) is 3.55. The highest BCUT2D eigenvalue weighted by Crippen LogP contribution is 2.37. The number of rotatable bonds is 3. The Morgan fingerprint density at radius 2 is 1.61 bits per heavy atom. The van der Waals surface area contributed by atoms with Gasteiger partial charge in [0.25, 0.3) is 0 Å². The standard InChI is InChI=1S/C23H16O5/c24-22-18-6-2-1-5-16(18)17-10-9-14(11-19(17)22)23(25)27-13-15-12-26-20-7-3-4-8-21(20)28-15/h1-11,15H,12-13H2. The largest absolute Gasteiger partial charge is 0.486 e. The van der Waals surface area contributed by atoms with Crippen molar-refractivity contribution < 1.29 is 23.8 Å². The van der Waals surface area contributed by atoms with Crippen LogP contribution in [0.25, 0.3) is 11.1 Å². The lowest BCUT2D eigenvalue weighted by atomic mass is 10.0. The number of carbonyl (C=O) groups excluding carboxylic acids is 2. The predicted octanol–water partition coefficient (Wildman–Crippen LogP) is 3.89. The molecule has 5 heteroatoms. The van der Waals surface area contributed by atoms with E-state index in [-0.39, 0.29) is 18.5 Å². The molecule has 2 aliphatic rings. The quantitative estimate of drug-likeness (QED) is 0.511. The molecule has 1 unspecified atom stereocenters. The monoisotopic (exact) mass is 372 g/mol. The molecule has 0 spiro atoms. The Hall–Kier alpha value is -3.60. The Balaban J connectivity index is 1.29. The third-order valence-electron chi connectivity index (χ3n) is 4.93. The molecule has 1 aliphatic heterocycles. The number of benzene rings is 3. The van der Waals surface area contributed by atoms with Crippen LogP contribution in [0.1, 0.15) is 26.3 Å². The molecule has 3 aromatic carbocycles. The number of esters is 1. The lowest BCUT2D eigenvalue weighted by molar-refractivity contribution is 0.0110. The first-order valence-electron chi connectivity index (χ1n) is 9.04. The third kappa shape index (κ3) is 2.72. The van der Waals surface area contributed by atoms with E-state index in [1.54, 1.807) is 24.3 Å². The number of hydrogen-bond acceptors (Lipinski definition) is 5. The number of fused-ring (bicyclic) bond motifs is 4. The van der Waals surface area contributed by atoms with Crippen molar-refractivity contribution in [2.24, 2.45) is 0 Å². The van der Waals surface area contributed by atoms with Gasteiger partial charge in [-0.1, -0.05) is 42.5 Å². The number of carbonyl (C=O) groups is 2. The maximum Gasteiger partial charge on any atom is 0.338 e. The van der Waals surface area contributed by atoms with E-state index in [1.165, 1.54) is 0 Å². The molecule has 138 valence electrons. The first-order valence-corrected chi connectivity index (χ1v) is 9.04. The molecule has 0 aromatic heterocycles. The van der Waals surface area contributed by atoms with Crippen molar-refractivity contribution in [3.05, 3.63) is 83.4 Å². The van der Waals surface area contributed by atoms with Gasteiger partial charge in [0.05, 0.1) is 5.56 Å². The maximum absolute atomic E-state index is 12.6. The van der Waals surface area contributed by atoms with Crippen LogP contribution in [-0.2, 0) is 4.74 Å². The van der Waals surface area contributed by atoms with E-state index in [1.807, 2.05) is 42.5 Å². The van der Waals surface area contributed by atoms with Gasteiger partial charge in [0.1, 0.15) is 13.2 Å². The zero-order valence-corrected chi connectivity index (χ0v) is 14.9. The van der Waals surface area contributed by atoms with Crippen molar-refractivity contribution in [2.75, 3.05) is 13.2 Å². The van der Waals surface area contributed by atoms with Crippen LogP contribution in [0.15, 0.2) is 66.7 Å². The van der Waals surface area contributed by atoms with E-state index < -0.39 is 5.97 Å². The van der Waals surface area contributed by atoms with E-state index in [0.29, 0.717) is 34.8 Å². The van der Waals surface area contributed by atoms with Crippen molar-refractivity contribution >= 4 is 11.8 Å². The summed E-state index contributed by atoms with van der Waals surface area (Å²) in [7, 11) is 0. The van der Waals surface area contributed by atoms with Gasteiger partial charge in [0.2, 0.25) is 0 Å². The van der Waals surface area contributed by atoms with Crippen molar-refractivity contribution in [3.63, 3.8) is 0 Å². The van der Waals surface area contributed by atoms with Crippen molar-refractivity contribution in [1.82, 2.24) is 0 Å². The van der Waals surface area contributed by atoms with Crippen LogP contribution in [0.2, 0.25) is 0 Å². The maximum atomic E-state index is 12.6. The lowest BCUT2D eigenvalue weighted by Gasteiger charge is -2.26. The van der Waals surface area contributed by atoms with Crippen LogP contribution in [0.3, 0.4) is 0 Å². The summed E-state index contributed by atoms with van der Waals surface area (Å²) in [4.78, 5) is 25.1. The molecule has 0 N–H and O–H groups in total. The zero-order chi connectivity index (χ0) is 19.1. The van der Waals surface area contributed by atoms with Gasteiger partial charge in [-0.2, -0.15) is 0 Å². The topological polar surface area (TPSA) is 61.8 Å². The fourth-order valence-corrected chi connectivity index (χ4v) is 3.55. The molecule has 3 aromatic rings. The second-order valence-corrected chi connectivity index (χ2v) is 6.73. The molecule has 5 rings (SSSR count). The molecule has 0 bridgehead atoms. The predicted molar refractivity (Wildman–Crippen MR) is 102 cm³/mol. The first kappa shape index (κ1) is 16.6. The minimum absolute atomic E-state index is 0.0679. The van der Waals surface area contributed by atoms with Gasteiger partial charge in [-0.15, -0.1) is 0 Å². The lowest BCUT2D eigenvalue weighted by Crippen LogP contribution is -2.34. The molecule has 1 heterocycles. The average molecular weight is 372 g/mol. The molecule has 0 saturated carbocycles. The van der Waals surface area contributed by atoms with Gasteiger partial charge in [0.15, 0.2) is 23.4 Å². The van der Waals surface area contributed by atoms with Gasteiger partial charge in [-0.3, -0.25) is 4.79 Å². The van der Waals surface area contributed by atoms with Crippen molar-refractivity contribution in [3.8, 4) is 22.6 Å². The zero-order valence-electron chi connectivity index (χ0n) is 14.9. The van der Waals surface area contributed by atoms with Gasteiger partial charge >= 0.3 is 5.97 Å². The molecule has 28 heavy (non-hydrogen) atoms. The van der Waals surface area contributed by atoms with Gasteiger partial charge < -0.3 is 14.2 Å². The summed E-state index contributed by atoms with van der Waals surface area (Å²) in [6.45, 7) is 0.376. The molecule has 0 fully saturated rings. The summed E-state index contributed by atoms with van der Waals surface area (Å²) in [5.41, 5.74) is 3.28. The molecule has 5 nitrogen and oxygen atoms in total. The molecule has 0 radical (unpaired) electrons. The second kappa shape index (κ2) is 6.53. The highest BCUT2D eigenvalue weighted by atomic mass is 16.6. The summed E-state index contributed by atoms with van der Waals surface area (Å²) in [6, 6.07) is 19.9. The Kier molecular flexibility index (Phi) is 3.86. The molecule has 0 saturated heterocycles. The number of ether oxygens (including phenoxy) is 3. The van der Waals surface area contributed by atoms with E-state index in [2.05, 4.69) is 0 Å². The fraction of sp³-hybridized carbons (Fsp3) is 0.130. The molecule has 0 amide bonds. The van der Waals surface area contributed by atoms with E-state index in [4.69, 9.17) is 14.2 Å². The smallest absolute Gasteiger partial charge is 0.338 e. The summed E-state index contributed by atoms with van der Waals surface area (Å²) >= 11 is 0. The number of ketones is 1. The second-order valence-electron chi connectivity index (χ2n) is 6.73. The Morgan fingerprint density at radius 3 is 2.46 bits per heavy atom. The summed E-state index contributed by atoms with van der Waals surface area (Å²) in [6.07, 6.45) is -0.376. The van der Waals surface area contributed by atoms with Crippen LogP contribution in [-0.4, -0.2) is 31.1 Å². The van der Waals surface area contributed by atoms with Crippen LogP contribution < -0.4 is 9.47 Å². The highest BCUT2D eigenvalue weighted by Gasteiger charge is 2.28. The third-order valence-corrected chi connectivity index (χ3v) is 4.93. The van der Waals surface area contributed by atoms with Crippen LogP contribution >= 0.6 is 0 Å². The van der Waals surface area contributed by atoms with Gasteiger partial charge in [-0.05, 0) is 35.4 Å². The number of hydrogen-bond donors (Lipinski definition) is 0. The Labute approximate surface area is 161 Å². The summed E-state index contributed by atoms with van der Waals surface area (Å²) in [5, 5.41) is 0. The highest BCUT2D eigenvalue weighted by molar-refractivity contribution is 6.22. The Bertz CT molecular complexity index is 1100. The van der Waals surface area contributed by atoms with E-state index >= 15 is 0 Å². The van der Waals surface area contributed by atoms with Gasteiger partial charge in [0, 0.05) is 11.1 Å². The minimum Gasteiger partial charge on any atom is -0.486 e. The first-order chi connectivity index (χ1) is 13.7. The van der Waals surface area contributed by atoms with Crippen LogP contribution in [0, 0.1) is 0 Å². The minimum atomic E-state index is -0.492. The summed E-state index contributed by atoms with van der Waals surface area (Å²) in [5.74, 6) is 0.757. The van der Waals surface area contributed by atoms with E-state index in [0.717, 1.165) is 11.1 Å². The average Bonchev–Trinajstić information content (AvgIpc) is 3.04. The molecular formula is C23H16O5. The Morgan fingerprint density at radius 1 is 0.893 bits per heavy atom. The number of para-hydroxylation sites is 2. The van der Waals surface area contributed by atoms with Gasteiger partial charge in [-0.25, -0.2) is 4.79 Å². The normalized spacial score (nSPS) is 16.3. The van der Waals surface area contributed by atoms with E-state index in [9.17, 15) is 9.59 Å². The van der Waals surface area contributed by atoms with Crippen LogP contribution in [0.5, 0.6) is 11.5 Å². The van der Waals surface area contributed by atoms with Crippen molar-refractivity contribution in [2.45, 2.75) is 6.10 Å². The van der Waals surface area contributed by atoms with Crippen molar-refractivity contribution in [1.29, 1.82) is 0 Å².